The van der Waals surface area contributed by atoms with Crippen molar-refractivity contribution in [3.8, 4) is 0 Å². The third kappa shape index (κ3) is 3.06. The van der Waals surface area contributed by atoms with Crippen LogP contribution in [0.5, 0.6) is 0 Å². The predicted octanol–water partition coefficient (Wildman–Crippen LogP) is 2.65. The Kier molecular flexibility index (Phi) is 3.42. The third-order valence-electron chi connectivity index (χ3n) is 2.64. The van der Waals surface area contributed by atoms with Crippen molar-refractivity contribution in [2.45, 2.75) is 26.7 Å². The quantitative estimate of drug-likeness (QED) is 0.778. The number of aromatic amines is 1. The Labute approximate surface area is 100 Å². The summed E-state index contributed by atoms with van der Waals surface area (Å²) in [4.78, 5) is 18.3. The molecule has 2 aromatic rings. The molecule has 0 aliphatic heterocycles. The van der Waals surface area contributed by atoms with E-state index in [1.54, 1.807) is 6.92 Å². The molecule has 0 amide bonds. The van der Waals surface area contributed by atoms with E-state index in [1.807, 2.05) is 25.1 Å². The first-order chi connectivity index (χ1) is 8.15. The molecule has 0 spiro atoms. The molecule has 0 bridgehead atoms. The minimum Gasteiger partial charge on any atom is -0.385 e. The Morgan fingerprint density at radius 1 is 1.47 bits per heavy atom. The van der Waals surface area contributed by atoms with Crippen molar-refractivity contribution < 1.29 is 4.79 Å². The summed E-state index contributed by atoms with van der Waals surface area (Å²) < 4.78 is 0. The summed E-state index contributed by atoms with van der Waals surface area (Å²) in [6, 6.07) is 6.05. The molecule has 0 atom stereocenters. The van der Waals surface area contributed by atoms with E-state index >= 15 is 0 Å². The van der Waals surface area contributed by atoms with Crippen LogP contribution in [-0.2, 0) is 4.79 Å². The fraction of sp³-hybridized carbons (Fsp3) is 0.385. The summed E-state index contributed by atoms with van der Waals surface area (Å²) in [5.74, 6) is 1.17. The first-order valence-electron chi connectivity index (χ1n) is 5.85. The number of carbonyl (C=O) groups excluding carboxylic acids is 1. The lowest BCUT2D eigenvalue weighted by Gasteiger charge is -2.05. The van der Waals surface area contributed by atoms with Gasteiger partial charge in [0, 0.05) is 18.7 Å². The molecule has 0 saturated carbocycles. The highest BCUT2D eigenvalue weighted by atomic mass is 16.1. The van der Waals surface area contributed by atoms with E-state index in [0.717, 1.165) is 35.5 Å². The van der Waals surface area contributed by atoms with Crippen LogP contribution in [0.3, 0.4) is 0 Å². The number of fused-ring (bicyclic) bond motifs is 1. The molecule has 1 aromatic heterocycles. The van der Waals surface area contributed by atoms with E-state index < -0.39 is 0 Å². The molecule has 1 heterocycles. The van der Waals surface area contributed by atoms with Gasteiger partial charge in [0.1, 0.15) is 11.6 Å². The summed E-state index contributed by atoms with van der Waals surface area (Å²) in [6.07, 6.45) is 1.51. The maximum atomic E-state index is 10.8. The second-order valence-corrected chi connectivity index (χ2v) is 4.29. The van der Waals surface area contributed by atoms with Crippen LogP contribution >= 0.6 is 0 Å². The summed E-state index contributed by atoms with van der Waals surface area (Å²) >= 11 is 0. The van der Waals surface area contributed by atoms with Gasteiger partial charge in [-0.25, -0.2) is 4.98 Å². The molecule has 2 rings (SSSR count). The van der Waals surface area contributed by atoms with Gasteiger partial charge in [-0.1, -0.05) is 0 Å². The number of hydrogen-bond donors (Lipinski definition) is 2. The lowest BCUT2D eigenvalue weighted by molar-refractivity contribution is -0.117. The zero-order chi connectivity index (χ0) is 12.3. The Morgan fingerprint density at radius 2 is 2.29 bits per heavy atom. The first kappa shape index (κ1) is 11.6. The average Bonchev–Trinajstić information content (AvgIpc) is 2.63. The number of anilines is 1. The second-order valence-electron chi connectivity index (χ2n) is 4.29. The van der Waals surface area contributed by atoms with Gasteiger partial charge in [0.25, 0.3) is 0 Å². The lowest BCUT2D eigenvalue weighted by Crippen LogP contribution is -2.03. The maximum Gasteiger partial charge on any atom is 0.129 e. The summed E-state index contributed by atoms with van der Waals surface area (Å²) in [7, 11) is 0. The van der Waals surface area contributed by atoms with Gasteiger partial charge >= 0.3 is 0 Å². The Balaban J connectivity index is 1.96. The van der Waals surface area contributed by atoms with Crippen LogP contribution in [0.2, 0.25) is 0 Å². The minimum atomic E-state index is 0.242. The average molecular weight is 231 g/mol. The minimum absolute atomic E-state index is 0.242. The fourth-order valence-electron chi connectivity index (χ4n) is 1.82. The molecule has 1 aromatic carbocycles. The summed E-state index contributed by atoms with van der Waals surface area (Å²) in [5, 5.41) is 3.30. The lowest BCUT2D eigenvalue weighted by atomic mass is 10.2. The molecule has 0 fully saturated rings. The number of hydrogen-bond acceptors (Lipinski definition) is 3. The molecule has 0 unspecified atom stereocenters. The smallest absolute Gasteiger partial charge is 0.129 e. The first-order valence-corrected chi connectivity index (χ1v) is 5.85. The van der Waals surface area contributed by atoms with Gasteiger partial charge in [0.15, 0.2) is 0 Å². The normalized spacial score (nSPS) is 10.7. The van der Waals surface area contributed by atoms with Crippen molar-refractivity contribution in [2.75, 3.05) is 11.9 Å². The van der Waals surface area contributed by atoms with Crippen molar-refractivity contribution >= 4 is 22.5 Å². The zero-order valence-electron chi connectivity index (χ0n) is 10.2. The van der Waals surface area contributed by atoms with E-state index in [-0.39, 0.29) is 5.78 Å². The van der Waals surface area contributed by atoms with Gasteiger partial charge < -0.3 is 15.1 Å². The van der Waals surface area contributed by atoms with E-state index in [0.29, 0.717) is 6.42 Å². The van der Waals surface area contributed by atoms with Crippen LogP contribution in [0.25, 0.3) is 11.0 Å². The number of benzene rings is 1. The molecule has 4 nitrogen and oxygen atoms in total. The Hall–Kier alpha value is -1.84. The van der Waals surface area contributed by atoms with Crippen molar-refractivity contribution in [3.05, 3.63) is 24.0 Å². The number of nitrogens with one attached hydrogen (secondary N) is 2. The summed E-state index contributed by atoms with van der Waals surface area (Å²) in [6.45, 7) is 4.39. The van der Waals surface area contributed by atoms with Gasteiger partial charge in [0.2, 0.25) is 0 Å². The van der Waals surface area contributed by atoms with E-state index in [2.05, 4.69) is 15.3 Å². The number of aryl methyl sites for hydroxylation is 1. The van der Waals surface area contributed by atoms with Gasteiger partial charge in [-0.2, -0.15) is 0 Å². The highest BCUT2D eigenvalue weighted by molar-refractivity contribution is 5.79. The van der Waals surface area contributed by atoms with Crippen molar-refractivity contribution in [1.29, 1.82) is 0 Å². The molecule has 0 aliphatic rings. The van der Waals surface area contributed by atoms with Gasteiger partial charge in [0.05, 0.1) is 11.0 Å². The van der Waals surface area contributed by atoms with Crippen LogP contribution in [0.4, 0.5) is 5.69 Å². The molecule has 0 radical (unpaired) electrons. The van der Waals surface area contributed by atoms with Crippen LogP contribution < -0.4 is 5.32 Å². The molecule has 90 valence electrons. The standard InChI is InChI=1S/C13H17N3O/c1-9(17)4-3-7-14-11-5-6-12-13(8-11)16-10(2)15-12/h5-6,8,14H,3-4,7H2,1-2H3,(H,15,16). The number of Topliss-reactive ketones (excluding diaryl/α,β-unsaturated/α-hetero) is 1. The molecule has 0 saturated heterocycles. The number of aromatic nitrogens is 2. The fourth-order valence-corrected chi connectivity index (χ4v) is 1.82. The second kappa shape index (κ2) is 4.99. The van der Waals surface area contributed by atoms with Crippen LogP contribution in [0.1, 0.15) is 25.6 Å². The topological polar surface area (TPSA) is 57.8 Å². The van der Waals surface area contributed by atoms with E-state index in [9.17, 15) is 4.79 Å². The molecule has 2 N–H and O–H groups in total. The number of ketones is 1. The van der Waals surface area contributed by atoms with Crippen LogP contribution in [0.15, 0.2) is 18.2 Å². The Bertz CT molecular complexity index is 530. The molecule has 0 aliphatic carbocycles. The molecular weight excluding hydrogens is 214 g/mol. The molecule has 17 heavy (non-hydrogen) atoms. The number of H-pyrrole nitrogens is 1. The highest BCUT2D eigenvalue weighted by Gasteiger charge is 2.00. The summed E-state index contributed by atoms with van der Waals surface area (Å²) in [5.41, 5.74) is 3.08. The number of nitrogens with zero attached hydrogens (tertiary/aromatic N) is 1. The predicted molar refractivity (Wildman–Crippen MR) is 69.2 cm³/mol. The maximum absolute atomic E-state index is 10.8. The van der Waals surface area contributed by atoms with E-state index in [1.165, 1.54) is 0 Å². The Morgan fingerprint density at radius 3 is 3.06 bits per heavy atom. The van der Waals surface area contributed by atoms with Crippen molar-refractivity contribution in [2.24, 2.45) is 0 Å². The van der Waals surface area contributed by atoms with Crippen molar-refractivity contribution in [3.63, 3.8) is 0 Å². The van der Waals surface area contributed by atoms with Gasteiger partial charge in [-0.05, 0) is 38.5 Å². The molecule has 4 heteroatoms. The SMILES string of the molecule is CC(=O)CCCNc1ccc2nc(C)[nH]c2c1. The van der Waals surface area contributed by atoms with Crippen LogP contribution in [0, 0.1) is 6.92 Å². The number of carbonyl (C=O) groups is 1. The highest BCUT2D eigenvalue weighted by Crippen LogP contribution is 2.16. The third-order valence-corrected chi connectivity index (χ3v) is 2.64. The zero-order valence-corrected chi connectivity index (χ0v) is 10.2. The molecular formula is C13H17N3O. The van der Waals surface area contributed by atoms with Crippen molar-refractivity contribution in [1.82, 2.24) is 9.97 Å². The van der Waals surface area contributed by atoms with Gasteiger partial charge in [-0.15, -0.1) is 0 Å². The van der Waals surface area contributed by atoms with Gasteiger partial charge in [-0.3, -0.25) is 0 Å². The number of imidazole rings is 1. The monoisotopic (exact) mass is 231 g/mol. The number of rotatable bonds is 5. The van der Waals surface area contributed by atoms with Crippen LogP contribution in [-0.4, -0.2) is 22.3 Å². The largest absolute Gasteiger partial charge is 0.385 e. The van der Waals surface area contributed by atoms with E-state index in [4.69, 9.17) is 0 Å².